The molecule has 2 N–H and O–H groups in total. The van der Waals surface area contributed by atoms with Crippen molar-refractivity contribution >= 4 is 16.7 Å². The van der Waals surface area contributed by atoms with Crippen molar-refractivity contribution in [3.8, 4) is 0 Å². The number of hydrogen-bond acceptors (Lipinski definition) is 4. The first-order valence-corrected chi connectivity index (χ1v) is 7.19. The zero-order valence-electron chi connectivity index (χ0n) is 11.9. The Hall–Kier alpha value is -1.65. The number of fused-ring (bicyclic) bond motifs is 1. The van der Waals surface area contributed by atoms with Crippen LogP contribution in [-0.2, 0) is 11.3 Å². The van der Waals surface area contributed by atoms with E-state index in [2.05, 4.69) is 30.1 Å². The van der Waals surface area contributed by atoms with Gasteiger partial charge in [0.25, 0.3) is 0 Å². The van der Waals surface area contributed by atoms with E-state index in [0.29, 0.717) is 12.6 Å². The molecular weight excluding hydrogens is 250 g/mol. The minimum absolute atomic E-state index is 0.489. The highest BCUT2D eigenvalue weighted by atomic mass is 16.5. The van der Waals surface area contributed by atoms with E-state index >= 15 is 0 Å². The fourth-order valence-electron chi connectivity index (χ4n) is 2.85. The lowest BCUT2D eigenvalue weighted by molar-refractivity contribution is 0.0853. The number of ether oxygens (including phenoxy) is 1. The third kappa shape index (κ3) is 2.49. The van der Waals surface area contributed by atoms with E-state index in [9.17, 15) is 0 Å². The summed E-state index contributed by atoms with van der Waals surface area (Å²) < 4.78 is 5.44. The Kier molecular flexibility index (Phi) is 3.85. The van der Waals surface area contributed by atoms with Crippen molar-refractivity contribution in [2.75, 3.05) is 25.2 Å². The van der Waals surface area contributed by atoms with E-state index in [-0.39, 0.29) is 0 Å². The summed E-state index contributed by atoms with van der Waals surface area (Å²) in [6, 6.07) is 10.8. The summed E-state index contributed by atoms with van der Waals surface area (Å²) in [4.78, 5) is 7.10. The molecule has 0 spiro atoms. The van der Waals surface area contributed by atoms with Gasteiger partial charge in [0.05, 0.1) is 5.52 Å². The summed E-state index contributed by atoms with van der Waals surface area (Å²) in [5.41, 5.74) is 8.05. The van der Waals surface area contributed by atoms with Gasteiger partial charge in [0.15, 0.2) is 0 Å². The molecule has 1 aliphatic rings. The van der Waals surface area contributed by atoms with Gasteiger partial charge in [-0.15, -0.1) is 0 Å². The number of hydrogen-bond donors (Lipinski definition) is 1. The van der Waals surface area contributed by atoms with Gasteiger partial charge in [-0.05, 0) is 25.0 Å². The average Bonchev–Trinajstić information content (AvgIpc) is 2.53. The summed E-state index contributed by atoms with van der Waals surface area (Å²) in [6.07, 6.45) is 2.10. The highest BCUT2D eigenvalue weighted by Crippen LogP contribution is 2.26. The highest BCUT2D eigenvalue weighted by molar-refractivity contribution is 5.81. The third-order valence-corrected chi connectivity index (χ3v) is 4.07. The van der Waals surface area contributed by atoms with Gasteiger partial charge in [-0.2, -0.15) is 0 Å². The van der Waals surface area contributed by atoms with Crippen LogP contribution in [-0.4, -0.2) is 31.3 Å². The molecule has 1 aromatic carbocycles. The van der Waals surface area contributed by atoms with Gasteiger partial charge in [-0.3, -0.25) is 0 Å². The molecular formula is C16H21N3O. The monoisotopic (exact) mass is 271 g/mol. The predicted molar refractivity (Wildman–Crippen MR) is 81.9 cm³/mol. The normalized spacial score (nSPS) is 16.5. The van der Waals surface area contributed by atoms with Crippen molar-refractivity contribution in [3.63, 3.8) is 0 Å². The van der Waals surface area contributed by atoms with Crippen LogP contribution in [0.15, 0.2) is 30.3 Å². The number of pyridine rings is 1. The molecule has 3 rings (SSSR count). The Labute approximate surface area is 119 Å². The maximum absolute atomic E-state index is 5.92. The first kappa shape index (κ1) is 13.3. The van der Waals surface area contributed by atoms with Crippen molar-refractivity contribution in [1.29, 1.82) is 0 Å². The Bertz CT molecular complexity index is 593. The fraction of sp³-hybridized carbons (Fsp3) is 0.438. The molecule has 2 aromatic rings. The molecule has 0 atom stereocenters. The second-order valence-electron chi connectivity index (χ2n) is 5.32. The number of para-hydroxylation sites is 1. The minimum Gasteiger partial charge on any atom is -0.381 e. The molecule has 4 heteroatoms. The lowest BCUT2D eigenvalue weighted by Crippen LogP contribution is -2.37. The van der Waals surface area contributed by atoms with Crippen molar-refractivity contribution < 1.29 is 4.74 Å². The van der Waals surface area contributed by atoms with Crippen molar-refractivity contribution in [3.05, 3.63) is 35.9 Å². The van der Waals surface area contributed by atoms with Gasteiger partial charge in [0.1, 0.15) is 5.82 Å². The van der Waals surface area contributed by atoms with Gasteiger partial charge in [-0.25, -0.2) is 4.98 Å². The van der Waals surface area contributed by atoms with Gasteiger partial charge in [0.2, 0.25) is 0 Å². The molecule has 0 aliphatic carbocycles. The quantitative estimate of drug-likeness (QED) is 0.930. The number of benzene rings is 1. The molecule has 2 heterocycles. The molecule has 0 bridgehead atoms. The molecule has 1 aliphatic heterocycles. The summed E-state index contributed by atoms with van der Waals surface area (Å²) >= 11 is 0. The number of nitrogens with zero attached hydrogens (tertiary/aromatic N) is 2. The first-order chi connectivity index (χ1) is 9.79. The van der Waals surface area contributed by atoms with Crippen molar-refractivity contribution in [2.45, 2.75) is 25.4 Å². The second kappa shape index (κ2) is 5.77. The summed E-state index contributed by atoms with van der Waals surface area (Å²) in [5, 5.41) is 1.15. The number of rotatable bonds is 3. The molecule has 20 heavy (non-hydrogen) atoms. The van der Waals surface area contributed by atoms with Crippen molar-refractivity contribution in [1.82, 2.24) is 4.98 Å². The van der Waals surface area contributed by atoms with Crippen LogP contribution >= 0.6 is 0 Å². The Morgan fingerprint density at radius 1 is 1.30 bits per heavy atom. The summed E-state index contributed by atoms with van der Waals surface area (Å²) in [7, 11) is 2.12. The van der Waals surface area contributed by atoms with Crippen LogP contribution in [0.25, 0.3) is 10.9 Å². The average molecular weight is 271 g/mol. The molecule has 1 saturated heterocycles. The maximum atomic E-state index is 5.92. The Morgan fingerprint density at radius 3 is 2.80 bits per heavy atom. The van der Waals surface area contributed by atoms with Crippen LogP contribution in [0.3, 0.4) is 0 Å². The summed E-state index contributed by atoms with van der Waals surface area (Å²) in [6.45, 7) is 2.18. The first-order valence-electron chi connectivity index (χ1n) is 7.19. The zero-order valence-corrected chi connectivity index (χ0v) is 11.9. The van der Waals surface area contributed by atoms with Crippen LogP contribution in [0.2, 0.25) is 0 Å². The molecule has 0 radical (unpaired) electrons. The van der Waals surface area contributed by atoms with Crippen molar-refractivity contribution in [2.24, 2.45) is 5.73 Å². The molecule has 4 nitrogen and oxygen atoms in total. The fourth-order valence-corrected chi connectivity index (χ4v) is 2.85. The lowest BCUT2D eigenvalue weighted by Gasteiger charge is -2.33. The molecule has 1 aromatic heterocycles. The smallest absolute Gasteiger partial charge is 0.133 e. The van der Waals surface area contributed by atoms with Gasteiger partial charge in [0, 0.05) is 43.8 Å². The highest BCUT2D eigenvalue weighted by Gasteiger charge is 2.21. The summed E-state index contributed by atoms with van der Waals surface area (Å²) in [5.74, 6) is 1.01. The van der Waals surface area contributed by atoms with Crippen LogP contribution < -0.4 is 10.6 Å². The van der Waals surface area contributed by atoms with Gasteiger partial charge >= 0.3 is 0 Å². The molecule has 0 amide bonds. The minimum atomic E-state index is 0.489. The predicted octanol–water partition coefficient (Wildman–Crippen LogP) is 2.31. The topological polar surface area (TPSA) is 51.4 Å². The van der Waals surface area contributed by atoms with E-state index < -0.39 is 0 Å². The zero-order chi connectivity index (χ0) is 13.9. The van der Waals surface area contributed by atoms with E-state index in [4.69, 9.17) is 15.5 Å². The number of aromatic nitrogens is 1. The Morgan fingerprint density at radius 2 is 2.05 bits per heavy atom. The van der Waals surface area contributed by atoms with E-state index in [0.717, 1.165) is 48.3 Å². The van der Waals surface area contributed by atoms with Crippen LogP contribution in [0.1, 0.15) is 18.4 Å². The van der Waals surface area contributed by atoms with Crippen LogP contribution in [0.4, 0.5) is 5.82 Å². The SMILES string of the molecule is CN(c1nc2ccccc2cc1CN)C1CCOCC1. The van der Waals surface area contributed by atoms with Gasteiger partial charge < -0.3 is 15.4 Å². The molecule has 1 fully saturated rings. The molecule has 0 saturated carbocycles. The third-order valence-electron chi connectivity index (χ3n) is 4.07. The van der Waals surface area contributed by atoms with E-state index in [1.54, 1.807) is 0 Å². The Balaban J connectivity index is 1.99. The maximum Gasteiger partial charge on any atom is 0.133 e. The largest absolute Gasteiger partial charge is 0.381 e. The molecule has 106 valence electrons. The van der Waals surface area contributed by atoms with Crippen LogP contribution in [0.5, 0.6) is 0 Å². The second-order valence-corrected chi connectivity index (χ2v) is 5.32. The standard InChI is InChI=1S/C16H21N3O/c1-19(14-6-8-20-9-7-14)16-13(11-17)10-12-4-2-3-5-15(12)18-16/h2-5,10,14H,6-9,11,17H2,1H3. The number of anilines is 1. The molecule has 0 unspecified atom stereocenters. The van der Waals surface area contributed by atoms with E-state index in [1.165, 1.54) is 0 Å². The van der Waals surface area contributed by atoms with E-state index in [1.807, 2.05) is 12.1 Å². The number of nitrogens with two attached hydrogens (primary N) is 1. The van der Waals surface area contributed by atoms with Crippen LogP contribution in [0, 0.1) is 0 Å². The lowest BCUT2D eigenvalue weighted by atomic mass is 10.1. The van der Waals surface area contributed by atoms with Gasteiger partial charge in [-0.1, -0.05) is 18.2 Å².